The van der Waals surface area contributed by atoms with Crippen LogP contribution in [-0.4, -0.2) is 17.9 Å². The second-order valence-corrected chi connectivity index (χ2v) is 6.12. The zero-order valence-corrected chi connectivity index (χ0v) is 14.0. The number of carbonyl (C=O) groups excluding carboxylic acids is 1. The van der Waals surface area contributed by atoms with Gasteiger partial charge in [-0.1, -0.05) is 31.2 Å². The van der Waals surface area contributed by atoms with E-state index in [9.17, 15) is 4.79 Å². The van der Waals surface area contributed by atoms with E-state index in [1.165, 1.54) is 0 Å². The van der Waals surface area contributed by atoms with Crippen LogP contribution in [0.25, 0.3) is 10.9 Å². The van der Waals surface area contributed by atoms with Crippen LogP contribution in [0, 0.1) is 0 Å². The maximum absolute atomic E-state index is 12.4. The van der Waals surface area contributed by atoms with E-state index >= 15 is 0 Å². The van der Waals surface area contributed by atoms with Crippen molar-refractivity contribution in [1.29, 1.82) is 0 Å². The van der Waals surface area contributed by atoms with Gasteiger partial charge in [-0.2, -0.15) is 0 Å². The first kappa shape index (κ1) is 16.2. The van der Waals surface area contributed by atoms with E-state index < -0.39 is 0 Å². The lowest BCUT2D eigenvalue weighted by atomic mass is 9.93. The Labute approximate surface area is 142 Å². The van der Waals surface area contributed by atoms with Gasteiger partial charge in [-0.05, 0) is 47.4 Å². The zero-order chi connectivity index (χ0) is 16.9. The van der Waals surface area contributed by atoms with E-state index in [1.54, 1.807) is 13.3 Å². The number of hydrogen-bond donors (Lipinski definition) is 0. The second-order valence-electron chi connectivity index (χ2n) is 6.12. The minimum atomic E-state index is 0.200. The molecule has 1 atom stereocenters. The third-order valence-electron chi connectivity index (χ3n) is 4.29. The van der Waals surface area contributed by atoms with E-state index in [-0.39, 0.29) is 11.7 Å². The van der Waals surface area contributed by atoms with Gasteiger partial charge >= 0.3 is 0 Å². The Balaban J connectivity index is 1.65. The Kier molecular flexibility index (Phi) is 4.90. The summed E-state index contributed by atoms with van der Waals surface area (Å²) in [4.78, 5) is 16.7. The molecule has 3 nitrogen and oxygen atoms in total. The summed E-state index contributed by atoms with van der Waals surface area (Å²) in [5.41, 5.74) is 3.16. The molecule has 2 aromatic carbocycles. The van der Waals surface area contributed by atoms with Gasteiger partial charge in [-0.25, -0.2) is 0 Å². The van der Waals surface area contributed by atoms with Crippen molar-refractivity contribution in [2.75, 3.05) is 7.11 Å². The number of ether oxygens (including phenoxy) is 1. The van der Waals surface area contributed by atoms with E-state index in [0.717, 1.165) is 27.8 Å². The first-order valence-corrected chi connectivity index (χ1v) is 8.15. The Morgan fingerprint density at radius 3 is 2.67 bits per heavy atom. The fourth-order valence-electron chi connectivity index (χ4n) is 2.93. The summed E-state index contributed by atoms with van der Waals surface area (Å²) in [6.45, 7) is 2.09. The molecular formula is C21H21NO2. The van der Waals surface area contributed by atoms with Crippen LogP contribution in [0.5, 0.6) is 5.75 Å². The lowest BCUT2D eigenvalue weighted by Gasteiger charge is -2.12. The predicted molar refractivity (Wildman–Crippen MR) is 96.5 cm³/mol. The topological polar surface area (TPSA) is 39.2 Å². The fourth-order valence-corrected chi connectivity index (χ4v) is 2.93. The maximum Gasteiger partial charge on any atom is 0.137 e. The number of Topliss-reactive ketones (excluding diaryl/α,β-unsaturated/α-hetero) is 1. The third-order valence-corrected chi connectivity index (χ3v) is 4.29. The molecule has 0 saturated carbocycles. The molecule has 3 aromatic rings. The highest BCUT2D eigenvalue weighted by Gasteiger charge is 2.12. The lowest BCUT2D eigenvalue weighted by Crippen LogP contribution is -2.07. The molecule has 0 saturated heterocycles. The van der Waals surface area contributed by atoms with Crippen molar-refractivity contribution in [2.24, 2.45) is 0 Å². The molecule has 1 heterocycles. The number of nitrogens with zero attached hydrogens (tertiary/aromatic N) is 1. The van der Waals surface area contributed by atoms with Gasteiger partial charge in [0.15, 0.2) is 0 Å². The molecule has 3 heteroatoms. The van der Waals surface area contributed by atoms with Crippen molar-refractivity contribution in [3.05, 3.63) is 71.9 Å². The molecule has 0 amide bonds. The molecule has 0 radical (unpaired) electrons. The van der Waals surface area contributed by atoms with Crippen molar-refractivity contribution in [1.82, 2.24) is 4.98 Å². The van der Waals surface area contributed by atoms with Crippen molar-refractivity contribution in [3.8, 4) is 5.75 Å². The van der Waals surface area contributed by atoms with Crippen molar-refractivity contribution >= 4 is 16.7 Å². The van der Waals surface area contributed by atoms with Gasteiger partial charge in [-0.3, -0.25) is 9.78 Å². The highest BCUT2D eigenvalue weighted by atomic mass is 16.5. The first-order chi connectivity index (χ1) is 11.7. The molecule has 0 aliphatic heterocycles. The molecule has 0 aliphatic carbocycles. The van der Waals surface area contributed by atoms with Crippen LogP contribution >= 0.6 is 0 Å². The maximum atomic E-state index is 12.4. The van der Waals surface area contributed by atoms with E-state index in [4.69, 9.17) is 4.74 Å². The Morgan fingerprint density at radius 2 is 1.92 bits per heavy atom. The smallest absolute Gasteiger partial charge is 0.137 e. The molecular weight excluding hydrogens is 298 g/mol. The molecule has 24 heavy (non-hydrogen) atoms. The molecule has 0 fully saturated rings. The van der Waals surface area contributed by atoms with Gasteiger partial charge in [0.05, 0.1) is 12.6 Å². The minimum Gasteiger partial charge on any atom is -0.497 e. The van der Waals surface area contributed by atoms with Crippen molar-refractivity contribution < 1.29 is 9.53 Å². The number of aromatic nitrogens is 1. The molecule has 0 aliphatic rings. The normalized spacial score (nSPS) is 12.1. The monoisotopic (exact) mass is 319 g/mol. The van der Waals surface area contributed by atoms with Crippen molar-refractivity contribution in [2.45, 2.75) is 25.7 Å². The molecule has 1 aromatic heterocycles. The molecule has 0 spiro atoms. The van der Waals surface area contributed by atoms with Gasteiger partial charge in [0.1, 0.15) is 11.5 Å². The standard InChI is InChI=1S/C21H21NO2/c1-15(17-6-8-20(24-2)9-7-17)12-19(23)14-16-5-10-21-18(13-16)4-3-11-22-21/h3-11,13,15H,12,14H2,1-2H3. The quantitative estimate of drug-likeness (QED) is 0.669. The number of pyridine rings is 1. The number of ketones is 1. The Bertz CT molecular complexity index is 840. The first-order valence-electron chi connectivity index (χ1n) is 8.15. The fraction of sp³-hybridized carbons (Fsp3) is 0.238. The molecule has 3 rings (SSSR count). The number of hydrogen-bond acceptors (Lipinski definition) is 3. The molecule has 0 bridgehead atoms. The van der Waals surface area contributed by atoms with E-state index in [2.05, 4.69) is 18.0 Å². The minimum absolute atomic E-state index is 0.200. The summed E-state index contributed by atoms with van der Waals surface area (Å²) in [5.74, 6) is 1.29. The zero-order valence-electron chi connectivity index (χ0n) is 14.0. The number of fused-ring (bicyclic) bond motifs is 1. The van der Waals surface area contributed by atoms with Gasteiger partial charge in [0.2, 0.25) is 0 Å². The van der Waals surface area contributed by atoms with E-state index in [1.807, 2.05) is 48.5 Å². The molecule has 1 unspecified atom stereocenters. The van der Waals surface area contributed by atoms with Crippen LogP contribution in [0.15, 0.2) is 60.8 Å². The average Bonchev–Trinajstić information content (AvgIpc) is 2.61. The lowest BCUT2D eigenvalue weighted by molar-refractivity contribution is -0.118. The van der Waals surface area contributed by atoms with Gasteiger partial charge in [0, 0.05) is 24.4 Å². The van der Waals surface area contributed by atoms with Crippen molar-refractivity contribution in [3.63, 3.8) is 0 Å². The number of methoxy groups -OCH3 is 1. The van der Waals surface area contributed by atoms with Gasteiger partial charge in [0.25, 0.3) is 0 Å². The highest BCUT2D eigenvalue weighted by Crippen LogP contribution is 2.23. The molecule has 122 valence electrons. The summed E-state index contributed by atoms with van der Waals surface area (Å²) in [6, 6.07) is 17.9. The summed E-state index contributed by atoms with van der Waals surface area (Å²) in [6.07, 6.45) is 2.78. The second kappa shape index (κ2) is 7.26. The van der Waals surface area contributed by atoms with Crippen LogP contribution in [0.3, 0.4) is 0 Å². The van der Waals surface area contributed by atoms with Crippen LogP contribution < -0.4 is 4.74 Å². The SMILES string of the molecule is COc1ccc(C(C)CC(=O)Cc2ccc3ncccc3c2)cc1. The predicted octanol–water partition coefficient (Wildman–Crippen LogP) is 4.55. The van der Waals surface area contributed by atoms with Gasteiger partial charge in [-0.15, -0.1) is 0 Å². The number of rotatable bonds is 6. The van der Waals surface area contributed by atoms with Crippen LogP contribution in [0.4, 0.5) is 0 Å². The Hall–Kier alpha value is -2.68. The highest BCUT2D eigenvalue weighted by molar-refractivity contribution is 5.84. The number of carbonyl (C=O) groups is 1. The average molecular weight is 319 g/mol. The molecule has 0 N–H and O–H groups in total. The van der Waals surface area contributed by atoms with Crippen LogP contribution in [-0.2, 0) is 11.2 Å². The third kappa shape index (κ3) is 3.80. The van der Waals surface area contributed by atoms with Crippen LogP contribution in [0.2, 0.25) is 0 Å². The number of benzene rings is 2. The summed E-state index contributed by atoms with van der Waals surface area (Å²) in [7, 11) is 1.65. The van der Waals surface area contributed by atoms with Crippen LogP contribution in [0.1, 0.15) is 30.4 Å². The summed E-state index contributed by atoms with van der Waals surface area (Å²) >= 11 is 0. The van der Waals surface area contributed by atoms with E-state index in [0.29, 0.717) is 12.8 Å². The largest absolute Gasteiger partial charge is 0.497 e. The summed E-state index contributed by atoms with van der Waals surface area (Å²) < 4.78 is 5.17. The van der Waals surface area contributed by atoms with Gasteiger partial charge < -0.3 is 4.74 Å². The Morgan fingerprint density at radius 1 is 1.12 bits per heavy atom. The summed E-state index contributed by atoms with van der Waals surface area (Å²) in [5, 5.41) is 1.08.